The van der Waals surface area contributed by atoms with Gasteiger partial charge in [0.25, 0.3) is 0 Å². The van der Waals surface area contributed by atoms with Gasteiger partial charge in [-0.3, -0.25) is 9.09 Å². The summed E-state index contributed by atoms with van der Waals surface area (Å²) in [6, 6.07) is 7.33. The van der Waals surface area contributed by atoms with Gasteiger partial charge in [0.2, 0.25) is 0 Å². The van der Waals surface area contributed by atoms with Gasteiger partial charge in [0.05, 0.1) is 31.7 Å². The van der Waals surface area contributed by atoms with Gasteiger partial charge in [0.1, 0.15) is 18.2 Å². The molecule has 0 amide bonds. The molecule has 3 heterocycles. The normalized spacial score (nSPS) is 23.3. The second-order valence-electron chi connectivity index (χ2n) is 6.82. The average molecular weight is 438 g/mol. The van der Waals surface area contributed by atoms with E-state index in [0.717, 1.165) is 5.56 Å². The van der Waals surface area contributed by atoms with Gasteiger partial charge in [-0.05, 0) is 24.6 Å². The van der Waals surface area contributed by atoms with E-state index in [1.165, 1.54) is 6.33 Å². The van der Waals surface area contributed by atoms with Gasteiger partial charge in [-0.25, -0.2) is 15.0 Å². The predicted molar refractivity (Wildman–Crippen MR) is 109 cm³/mol. The Hall–Kier alpha value is -2.03. The van der Waals surface area contributed by atoms with E-state index >= 15 is 0 Å². The third-order valence-electron chi connectivity index (χ3n) is 4.58. The number of ether oxygens (including phenoxy) is 1. The molecule has 2 N–H and O–H groups in total. The van der Waals surface area contributed by atoms with Crippen LogP contribution >= 0.6 is 19.2 Å². The molecule has 3 aromatic rings. The number of rotatable bonds is 6. The highest BCUT2D eigenvalue weighted by molar-refractivity contribution is 7.53. The first kappa shape index (κ1) is 20.3. The van der Waals surface area contributed by atoms with Gasteiger partial charge in [-0.15, -0.1) is 0 Å². The van der Waals surface area contributed by atoms with Crippen molar-refractivity contribution in [3.8, 4) is 0 Å². The summed E-state index contributed by atoms with van der Waals surface area (Å²) in [7, 11) is -3.39. The number of benzene rings is 1. The van der Waals surface area contributed by atoms with E-state index in [9.17, 15) is 4.57 Å². The molecule has 1 fully saturated rings. The maximum Gasteiger partial charge on any atom is 0.356 e. The number of hydrogen-bond donors (Lipinski definition) is 1. The highest BCUT2D eigenvalue weighted by atomic mass is 35.5. The first-order chi connectivity index (χ1) is 13.9. The minimum Gasteiger partial charge on any atom is -0.382 e. The van der Waals surface area contributed by atoms with Gasteiger partial charge in [-0.1, -0.05) is 23.7 Å². The molecule has 0 spiro atoms. The maximum atomic E-state index is 13.0. The van der Waals surface area contributed by atoms with Gasteiger partial charge in [-0.2, -0.15) is 0 Å². The standard InChI is InChI=1S/C18H21ClN5O4P/c1-12(8-24-10-23-16-17(20)21-9-22-18(16)24)26-11-29(25)27-6-5-15(28-29)13-3-2-4-14(19)7-13/h2-4,7,9-10,12,15H,5-6,8,11H2,1H3,(H2,20,21,22)/t12-,15+,29?/m1/s1. The van der Waals surface area contributed by atoms with E-state index in [2.05, 4.69) is 15.0 Å². The fraction of sp³-hybridized carbons (Fsp3) is 0.389. The van der Waals surface area contributed by atoms with Crippen LogP contribution in [0.1, 0.15) is 25.0 Å². The molecule has 9 nitrogen and oxygen atoms in total. The van der Waals surface area contributed by atoms with E-state index in [4.69, 9.17) is 31.1 Å². The summed E-state index contributed by atoms with van der Waals surface area (Å²) in [6.45, 7) is 2.64. The van der Waals surface area contributed by atoms with Crippen LogP contribution in [0.25, 0.3) is 11.2 Å². The Morgan fingerprint density at radius 1 is 1.41 bits per heavy atom. The number of anilines is 1. The lowest BCUT2D eigenvalue weighted by Crippen LogP contribution is -2.21. The number of imidazole rings is 1. The topological polar surface area (TPSA) is 114 Å². The number of fused-ring (bicyclic) bond motifs is 1. The van der Waals surface area contributed by atoms with E-state index in [-0.39, 0.29) is 18.6 Å². The molecule has 0 radical (unpaired) electrons. The molecule has 0 aliphatic carbocycles. The van der Waals surface area contributed by atoms with Gasteiger partial charge in [0, 0.05) is 11.4 Å². The summed E-state index contributed by atoms with van der Waals surface area (Å²) in [4.78, 5) is 12.4. The molecule has 1 saturated heterocycles. The van der Waals surface area contributed by atoms with Crippen LogP contribution in [0.5, 0.6) is 0 Å². The summed E-state index contributed by atoms with van der Waals surface area (Å²) < 4.78 is 31.8. The Kier molecular flexibility index (Phi) is 5.85. The predicted octanol–water partition coefficient (Wildman–Crippen LogP) is 3.80. The van der Waals surface area contributed by atoms with Crippen molar-refractivity contribution in [2.75, 3.05) is 18.7 Å². The van der Waals surface area contributed by atoms with Crippen LogP contribution in [0.2, 0.25) is 5.02 Å². The van der Waals surface area contributed by atoms with E-state index in [1.54, 1.807) is 12.4 Å². The van der Waals surface area contributed by atoms with Crippen LogP contribution in [0.3, 0.4) is 0 Å². The number of halogens is 1. The second kappa shape index (κ2) is 8.38. The first-order valence-electron chi connectivity index (χ1n) is 9.14. The molecule has 1 aromatic carbocycles. The molecule has 4 rings (SSSR count). The smallest absolute Gasteiger partial charge is 0.356 e. The fourth-order valence-electron chi connectivity index (χ4n) is 3.16. The Balaban J connectivity index is 1.38. The second-order valence-corrected chi connectivity index (χ2v) is 9.20. The Morgan fingerprint density at radius 3 is 3.10 bits per heavy atom. The van der Waals surface area contributed by atoms with Crippen LogP contribution in [-0.4, -0.2) is 38.6 Å². The van der Waals surface area contributed by atoms with E-state index in [0.29, 0.717) is 41.6 Å². The number of nitrogen functional groups attached to an aromatic ring is 1. The minimum absolute atomic E-state index is 0.144. The van der Waals surface area contributed by atoms with Crippen LogP contribution in [0.15, 0.2) is 36.9 Å². The summed E-state index contributed by atoms with van der Waals surface area (Å²) in [5, 5.41) is 0.606. The third kappa shape index (κ3) is 4.60. The lowest BCUT2D eigenvalue weighted by Gasteiger charge is -2.30. The van der Waals surface area contributed by atoms with Crippen molar-refractivity contribution in [1.29, 1.82) is 0 Å². The zero-order chi connectivity index (χ0) is 20.4. The molecule has 0 bridgehead atoms. The zero-order valence-electron chi connectivity index (χ0n) is 15.8. The first-order valence-corrected chi connectivity index (χ1v) is 11.2. The van der Waals surface area contributed by atoms with E-state index in [1.807, 2.05) is 29.7 Å². The largest absolute Gasteiger partial charge is 0.382 e. The van der Waals surface area contributed by atoms with Crippen LogP contribution < -0.4 is 5.73 Å². The number of nitrogens with zero attached hydrogens (tertiary/aromatic N) is 4. The van der Waals surface area contributed by atoms with Crippen molar-refractivity contribution in [1.82, 2.24) is 19.5 Å². The van der Waals surface area contributed by atoms with Crippen LogP contribution in [-0.2, 0) is 24.9 Å². The van der Waals surface area contributed by atoms with Crippen LogP contribution in [0, 0.1) is 0 Å². The zero-order valence-corrected chi connectivity index (χ0v) is 17.4. The Bertz CT molecular complexity index is 1060. The number of hydrogen-bond acceptors (Lipinski definition) is 8. The van der Waals surface area contributed by atoms with Gasteiger partial charge in [0.15, 0.2) is 11.5 Å². The number of aromatic nitrogens is 4. The Labute approximate surface area is 172 Å². The molecule has 2 aromatic heterocycles. The van der Waals surface area contributed by atoms with Crippen molar-refractivity contribution in [2.24, 2.45) is 0 Å². The van der Waals surface area contributed by atoms with Crippen molar-refractivity contribution >= 4 is 36.2 Å². The molecule has 11 heteroatoms. The molecule has 1 aliphatic heterocycles. The molecular formula is C18H21ClN5O4P. The summed E-state index contributed by atoms with van der Waals surface area (Å²) in [5.41, 5.74) is 7.83. The van der Waals surface area contributed by atoms with Crippen molar-refractivity contribution in [2.45, 2.75) is 32.1 Å². The molecule has 154 valence electrons. The summed E-state index contributed by atoms with van der Waals surface area (Å²) in [6.07, 6.45) is 2.84. The SMILES string of the molecule is C[C@H](Cn1cnc2c(N)ncnc21)OCP1(=O)OCC[C@@H](c2cccc(Cl)c2)O1. The lowest BCUT2D eigenvalue weighted by atomic mass is 10.1. The quantitative estimate of drug-likeness (QED) is 0.579. The highest BCUT2D eigenvalue weighted by Gasteiger charge is 2.35. The third-order valence-corrected chi connectivity index (χ3v) is 6.43. The minimum atomic E-state index is -3.39. The fourth-order valence-corrected chi connectivity index (χ4v) is 4.99. The summed E-state index contributed by atoms with van der Waals surface area (Å²) in [5.74, 6) is 0.322. The monoisotopic (exact) mass is 437 g/mol. The lowest BCUT2D eigenvalue weighted by molar-refractivity contribution is 0.0340. The molecule has 1 unspecified atom stereocenters. The van der Waals surface area contributed by atoms with Gasteiger partial charge >= 0.3 is 7.60 Å². The molecular weight excluding hydrogens is 417 g/mol. The molecule has 29 heavy (non-hydrogen) atoms. The van der Waals surface area contributed by atoms with Crippen molar-refractivity contribution in [3.63, 3.8) is 0 Å². The molecule has 0 saturated carbocycles. The maximum absolute atomic E-state index is 13.0. The van der Waals surface area contributed by atoms with Crippen molar-refractivity contribution in [3.05, 3.63) is 47.5 Å². The summed E-state index contributed by atoms with van der Waals surface area (Å²) >= 11 is 6.05. The molecule has 3 atom stereocenters. The van der Waals surface area contributed by atoms with Gasteiger partial charge < -0.3 is 19.6 Å². The highest BCUT2D eigenvalue weighted by Crippen LogP contribution is 2.56. The molecule has 1 aliphatic rings. The van der Waals surface area contributed by atoms with E-state index < -0.39 is 7.60 Å². The average Bonchev–Trinajstić information content (AvgIpc) is 3.11. The van der Waals surface area contributed by atoms with Crippen molar-refractivity contribution < 1.29 is 18.3 Å². The Morgan fingerprint density at radius 2 is 2.28 bits per heavy atom. The van der Waals surface area contributed by atoms with Crippen LogP contribution in [0.4, 0.5) is 5.82 Å². The number of nitrogens with two attached hydrogens (primary N) is 1.